The van der Waals surface area contributed by atoms with Crippen LogP contribution in [0.4, 0.5) is 10.9 Å². The van der Waals surface area contributed by atoms with E-state index in [9.17, 15) is 4.79 Å². The molecule has 0 atom stereocenters. The van der Waals surface area contributed by atoms with E-state index in [1.165, 1.54) is 11.3 Å². The molecule has 0 aromatic carbocycles. The number of rotatable bonds is 5. The zero-order valence-corrected chi connectivity index (χ0v) is 10.8. The molecule has 6 heteroatoms. The predicted octanol–water partition coefficient (Wildman–Crippen LogP) is 0.934. The number of carbonyl (C=O) groups excluding carboxylic acids is 1. The van der Waals surface area contributed by atoms with Gasteiger partial charge < -0.3 is 16.0 Å². The quantitative estimate of drug-likeness (QED) is 0.604. The molecule has 0 radical (unpaired) electrons. The molecular formula is C11H16N4OS. The maximum Gasteiger partial charge on any atom is 0.265 e. The number of carbonyl (C=O) groups is 1. The molecule has 0 spiro atoms. The molecule has 1 amide bonds. The van der Waals surface area contributed by atoms with Crippen molar-refractivity contribution in [2.75, 3.05) is 30.8 Å². The van der Waals surface area contributed by atoms with Gasteiger partial charge in [0.05, 0.1) is 0 Å². The van der Waals surface area contributed by atoms with E-state index in [1.807, 2.05) is 18.9 Å². The average Bonchev–Trinajstić information content (AvgIpc) is 2.70. The molecule has 1 aromatic rings. The fourth-order valence-corrected chi connectivity index (χ4v) is 2.04. The van der Waals surface area contributed by atoms with Crippen LogP contribution in [0.2, 0.25) is 0 Å². The van der Waals surface area contributed by atoms with Gasteiger partial charge in [0.1, 0.15) is 10.7 Å². The fourth-order valence-electron chi connectivity index (χ4n) is 1.11. The second-order valence-electron chi connectivity index (χ2n) is 3.44. The van der Waals surface area contributed by atoms with Gasteiger partial charge in [0.25, 0.3) is 5.91 Å². The van der Waals surface area contributed by atoms with Crippen LogP contribution in [0.15, 0.2) is 0 Å². The van der Waals surface area contributed by atoms with E-state index in [0.717, 1.165) is 11.7 Å². The van der Waals surface area contributed by atoms with Crippen molar-refractivity contribution >= 4 is 28.2 Å². The van der Waals surface area contributed by atoms with E-state index in [1.54, 1.807) is 0 Å². The van der Waals surface area contributed by atoms with Crippen molar-refractivity contribution in [3.8, 4) is 12.3 Å². The Morgan fingerprint density at radius 3 is 3.00 bits per heavy atom. The summed E-state index contributed by atoms with van der Waals surface area (Å²) < 4.78 is 0. The van der Waals surface area contributed by atoms with Gasteiger partial charge in [0, 0.05) is 26.6 Å². The highest BCUT2D eigenvalue weighted by Gasteiger charge is 2.16. The first-order valence-corrected chi connectivity index (χ1v) is 6.10. The van der Waals surface area contributed by atoms with Crippen molar-refractivity contribution in [1.82, 2.24) is 10.3 Å². The van der Waals surface area contributed by atoms with Crippen LogP contribution >= 0.6 is 11.3 Å². The number of nitrogens with one attached hydrogen (secondary N) is 1. The smallest absolute Gasteiger partial charge is 0.265 e. The number of amides is 1. The highest BCUT2D eigenvalue weighted by molar-refractivity contribution is 7.18. The molecule has 0 saturated carbocycles. The molecule has 0 aliphatic carbocycles. The van der Waals surface area contributed by atoms with Gasteiger partial charge in [0.2, 0.25) is 0 Å². The molecule has 0 bridgehead atoms. The number of nitrogens with zero attached hydrogens (tertiary/aromatic N) is 2. The van der Waals surface area contributed by atoms with Crippen LogP contribution in [-0.4, -0.2) is 31.0 Å². The number of nitrogen functional groups attached to an aromatic ring is 1. The van der Waals surface area contributed by atoms with Gasteiger partial charge in [-0.05, 0) is 6.92 Å². The van der Waals surface area contributed by atoms with Gasteiger partial charge in [-0.25, -0.2) is 4.98 Å². The molecule has 1 aromatic heterocycles. The molecule has 0 fully saturated rings. The van der Waals surface area contributed by atoms with E-state index in [2.05, 4.69) is 16.2 Å². The van der Waals surface area contributed by atoms with E-state index in [4.69, 9.17) is 12.2 Å². The van der Waals surface area contributed by atoms with Crippen molar-refractivity contribution < 1.29 is 4.79 Å². The molecule has 0 aliphatic rings. The molecule has 3 N–H and O–H groups in total. The number of nitrogens with two attached hydrogens (primary N) is 1. The molecule has 5 nitrogen and oxygen atoms in total. The third-order valence-corrected chi connectivity index (χ3v) is 3.39. The normalized spacial score (nSPS) is 9.71. The first-order valence-electron chi connectivity index (χ1n) is 5.29. The maximum absolute atomic E-state index is 11.8. The summed E-state index contributed by atoms with van der Waals surface area (Å²) in [4.78, 5) is 18.3. The zero-order valence-electron chi connectivity index (χ0n) is 9.99. The Labute approximate surface area is 105 Å². The van der Waals surface area contributed by atoms with E-state index < -0.39 is 0 Å². The molecule has 17 heavy (non-hydrogen) atoms. The highest BCUT2D eigenvalue weighted by Crippen LogP contribution is 2.26. The van der Waals surface area contributed by atoms with Crippen LogP contribution < -0.4 is 16.0 Å². The number of terminal acetylenes is 1. The zero-order chi connectivity index (χ0) is 12.8. The van der Waals surface area contributed by atoms with Gasteiger partial charge in [-0.15, -0.1) is 12.3 Å². The number of anilines is 2. The molecule has 0 saturated heterocycles. The van der Waals surface area contributed by atoms with Crippen LogP contribution in [0.25, 0.3) is 0 Å². The summed E-state index contributed by atoms with van der Waals surface area (Å²) in [5.74, 6) is 2.51. The third-order valence-electron chi connectivity index (χ3n) is 2.20. The summed E-state index contributed by atoms with van der Waals surface area (Å²) in [6.07, 6.45) is 5.61. The van der Waals surface area contributed by atoms with Gasteiger partial charge in [0.15, 0.2) is 5.13 Å². The lowest BCUT2D eigenvalue weighted by atomic mass is 10.4. The lowest BCUT2D eigenvalue weighted by Gasteiger charge is -2.10. The molecule has 92 valence electrons. The highest BCUT2D eigenvalue weighted by atomic mass is 32.1. The Morgan fingerprint density at radius 1 is 1.71 bits per heavy atom. The Kier molecular flexibility index (Phi) is 4.79. The van der Waals surface area contributed by atoms with Gasteiger partial charge in [-0.1, -0.05) is 11.3 Å². The van der Waals surface area contributed by atoms with E-state index in [0.29, 0.717) is 17.8 Å². The summed E-state index contributed by atoms with van der Waals surface area (Å²) in [7, 11) is 1.90. The van der Waals surface area contributed by atoms with Crippen molar-refractivity contribution in [2.45, 2.75) is 13.3 Å². The summed E-state index contributed by atoms with van der Waals surface area (Å²) in [5.41, 5.74) is 5.71. The lowest BCUT2D eigenvalue weighted by molar-refractivity contribution is 0.0959. The molecule has 0 unspecified atom stereocenters. The SMILES string of the molecule is C#CCCNC(=O)c1sc(N(C)CC)nc1N. The van der Waals surface area contributed by atoms with Crippen molar-refractivity contribution in [2.24, 2.45) is 0 Å². The minimum Gasteiger partial charge on any atom is -0.382 e. The molecule has 1 rings (SSSR count). The van der Waals surface area contributed by atoms with Crippen LogP contribution in [0.3, 0.4) is 0 Å². The first-order chi connectivity index (χ1) is 8.10. The Morgan fingerprint density at radius 2 is 2.41 bits per heavy atom. The summed E-state index contributed by atoms with van der Waals surface area (Å²) in [5, 5.41) is 3.44. The molecular weight excluding hydrogens is 236 g/mol. The molecule has 0 aliphatic heterocycles. The summed E-state index contributed by atoms with van der Waals surface area (Å²) in [6, 6.07) is 0. The Bertz CT molecular complexity index is 435. The topological polar surface area (TPSA) is 71.2 Å². The third kappa shape index (κ3) is 3.36. The van der Waals surface area contributed by atoms with E-state index in [-0.39, 0.29) is 11.7 Å². The second kappa shape index (κ2) is 6.11. The van der Waals surface area contributed by atoms with Gasteiger partial charge in [-0.3, -0.25) is 4.79 Å². The Balaban J connectivity index is 2.74. The number of hydrogen-bond donors (Lipinski definition) is 2. The second-order valence-corrected chi connectivity index (χ2v) is 4.41. The standard InChI is InChI=1S/C11H16N4OS/c1-4-6-7-13-10(16)8-9(12)14-11(17-8)15(3)5-2/h1H,5-7,12H2,2-3H3,(H,13,16). The van der Waals surface area contributed by atoms with Gasteiger partial charge >= 0.3 is 0 Å². The van der Waals surface area contributed by atoms with Crippen molar-refractivity contribution in [3.63, 3.8) is 0 Å². The van der Waals surface area contributed by atoms with Crippen molar-refractivity contribution in [1.29, 1.82) is 0 Å². The largest absolute Gasteiger partial charge is 0.382 e. The number of hydrogen-bond acceptors (Lipinski definition) is 5. The van der Waals surface area contributed by atoms with Crippen molar-refractivity contribution in [3.05, 3.63) is 4.88 Å². The summed E-state index contributed by atoms with van der Waals surface area (Å²) in [6.45, 7) is 3.26. The average molecular weight is 252 g/mol. The minimum absolute atomic E-state index is 0.217. The van der Waals surface area contributed by atoms with E-state index >= 15 is 0 Å². The molecule has 1 heterocycles. The van der Waals surface area contributed by atoms with Crippen LogP contribution in [0, 0.1) is 12.3 Å². The van der Waals surface area contributed by atoms with Gasteiger partial charge in [-0.2, -0.15) is 0 Å². The first kappa shape index (κ1) is 13.3. The number of thiazole rings is 1. The minimum atomic E-state index is -0.217. The number of aromatic nitrogens is 1. The lowest BCUT2D eigenvalue weighted by Crippen LogP contribution is -2.24. The predicted molar refractivity (Wildman–Crippen MR) is 71.3 cm³/mol. The fraction of sp³-hybridized carbons (Fsp3) is 0.455. The monoisotopic (exact) mass is 252 g/mol. The van der Waals surface area contributed by atoms with Crippen LogP contribution in [0.5, 0.6) is 0 Å². The maximum atomic E-state index is 11.8. The Hall–Kier alpha value is -1.74. The van der Waals surface area contributed by atoms with Crippen LogP contribution in [-0.2, 0) is 0 Å². The summed E-state index contributed by atoms with van der Waals surface area (Å²) >= 11 is 1.28. The van der Waals surface area contributed by atoms with Crippen LogP contribution in [0.1, 0.15) is 23.0 Å².